The minimum Gasteiger partial charge on any atom is -0.478 e. The predicted octanol–water partition coefficient (Wildman–Crippen LogP) is 3.85. The van der Waals surface area contributed by atoms with Crippen molar-refractivity contribution >= 4 is 28.5 Å². The van der Waals surface area contributed by atoms with Crippen molar-refractivity contribution in [3.8, 4) is 0 Å². The summed E-state index contributed by atoms with van der Waals surface area (Å²) in [5.41, 5.74) is 0.568. The fourth-order valence-corrected chi connectivity index (χ4v) is 2.32. The molecule has 0 amide bonds. The van der Waals surface area contributed by atoms with Crippen molar-refractivity contribution in [2.24, 2.45) is 0 Å². The van der Waals surface area contributed by atoms with Crippen molar-refractivity contribution in [3.05, 3.63) is 40.3 Å². The van der Waals surface area contributed by atoms with Crippen LogP contribution in [0.3, 0.4) is 0 Å². The van der Waals surface area contributed by atoms with E-state index in [2.05, 4.69) is 4.98 Å². The molecule has 0 atom stereocenters. The van der Waals surface area contributed by atoms with Crippen LogP contribution in [0.1, 0.15) is 35.7 Å². The van der Waals surface area contributed by atoms with Gasteiger partial charge in [0.05, 0.1) is 0 Å². The lowest BCUT2D eigenvalue weighted by Crippen LogP contribution is -2.08. The van der Waals surface area contributed by atoms with Crippen molar-refractivity contribution in [3.63, 3.8) is 0 Å². The fourth-order valence-electron chi connectivity index (χ4n) is 2.05. The second-order valence-electron chi connectivity index (χ2n) is 4.29. The molecule has 0 unspecified atom stereocenters. The molecule has 18 heavy (non-hydrogen) atoms. The summed E-state index contributed by atoms with van der Waals surface area (Å²) < 4.78 is 13.7. The fraction of sp³-hybridized carbons (Fsp3) is 0.231. The van der Waals surface area contributed by atoms with E-state index in [4.69, 9.17) is 11.6 Å². The van der Waals surface area contributed by atoms with Gasteiger partial charge in [0.25, 0.3) is 0 Å². The van der Waals surface area contributed by atoms with Gasteiger partial charge in [0.15, 0.2) is 0 Å². The number of hydrogen-bond acceptors (Lipinski definition) is 2. The molecule has 5 heteroatoms. The summed E-state index contributed by atoms with van der Waals surface area (Å²) in [5, 5.41) is 9.52. The van der Waals surface area contributed by atoms with E-state index in [-0.39, 0.29) is 22.2 Å². The lowest BCUT2D eigenvalue weighted by molar-refractivity contribution is 0.0695. The van der Waals surface area contributed by atoms with E-state index in [0.717, 1.165) is 0 Å². The Labute approximate surface area is 108 Å². The lowest BCUT2D eigenvalue weighted by atomic mass is 9.94. The molecule has 1 heterocycles. The summed E-state index contributed by atoms with van der Waals surface area (Å²) in [6.07, 6.45) is 0. The number of para-hydroxylation sites is 1. The molecule has 0 bridgehead atoms. The van der Waals surface area contributed by atoms with E-state index >= 15 is 0 Å². The Morgan fingerprint density at radius 3 is 2.67 bits per heavy atom. The first-order valence-electron chi connectivity index (χ1n) is 5.44. The highest BCUT2D eigenvalue weighted by Gasteiger charge is 2.22. The topological polar surface area (TPSA) is 50.2 Å². The Bertz CT molecular complexity index is 640. The Hall–Kier alpha value is -1.68. The van der Waals surface area contributed by atoms with Crippen LogP contribution in [-0.4, -0.2) is 16.1 Å². The number of aromatic nitrogens is 1. The number of aromatic carboxylic acids is 1. The summed E-state index contributed by atoms with van der Waals surface area (Å²) in [6, 6.07) is 4.46. The van der Waals surface area contributed by atoms with Gasteiger partial charge in [0.2, 0.25) is 0 Å². The Morgan fingerprint density at radius 1 is 1.44 bits per heavy atom. The first kappa shape index (κ1) is 12.8. The first-order chi connectivity index (χ1) is 8.43. The van der Waals surface area contributed by atoms with Crippen LogP contribution in [0.25, 0.3) is 10.9 Å². The zero-order valence-corrected chi connectivity index (χ0v) is 10.6. The van der Waals surface area contributed by atoms with Crippen LogP contribution in [0.5, 0.6) is 0 Å². The van der Waals surface area contributed by atoms with Crippen LogP contribution in [0.4, 0.5) is 4.39 Å². The van der Waals surface area contributed by atoms with E-state index < -0.39 is 11.8 Å². The maximum absolute atomic E-state index is 13.7. The van der Waals surface area contributed by atoms with E-state index in [0.29, 0.717) is 10.9 Å². The molecule has 0 fully saturated rings. The highest BCUT2D eigenvalue weighted by atomic mass is 35.5. The largest absolute Gasteiger partial charge is 0.478 e. The number of nitrogens with zero attached hydrogens (tertiary/aromatic N) is 1. The smallest absolute Gasteiger partial charge is 0.339 e. The van der Waals surface area contributed by atoms with Crippen LogP contribution in [0.15, 0.2) is 18.2 Å². The molecule has 1 aromatic carbocycles. The molecule has 0 radical (unpaired) electrons. The Kier molecular flexibility index (Phi) is 3.22. The monoisotopic (exact) mass is 267 g/mol. The summed E-state index contributed by atoms with van der Waals surface area (Å²) >= 11 is 5.86. The average molecular weight is 268 g/mol. The second-order valence-corrected chi connectivity index (χ2v) is 4.65. The number of fused-ring (bicyclic) bond motifs is 1. The normalized spacial score (nSPS) is 11.2. The average Bonchev–Trinajstić information content (AvgIpc) is 2.28. The van der Waals surface area contributed by atoms with Gasteiger partial charge in [-0.3, -0.25) is 0 Å². The van der Waals surface area contributed by atoms with Gasteiger partial charge in [-0.15, -0.1) is 0 Å². The first-order valence-corrected chi connectivity index (χ1v) is 5.82. The van der Waals surface area contributed by atoms with E-state index in [9.17, 15) is 14.3 Å². The third-order valence-electron chi connectivity index (χ3n) is 2.75. The summed E-state index contributed by atoms with van der Waals surface area (Å²) in [7, 11) is 0. The van der Waals surface area contributed by atoms with E-state index in [1.165, 1.54) is 12.1 Å². The maximum atomic E-state index is 13.7. The Balaban J connectivity index is 2.99. The van der Waals surface area contributed by atoms with E-state index in [1.54, 1.807) is 6.07 Å². The van der Waals surface area contributed by atoms with Crippen LogP contribution >= 0.6 is 11.6 Å². The van der Waals surface area contributed by atoms with Crippen LogP contribution in [0, 0.1) is 5.82 Å². The molecule has 0 aliphatic rings. The predicted molar refractivity (Wildman–Crippen MR) is 67.8 cm³/mol. The molecule has 0 aliphatic carbocycles. The molecule has 2 rings (SSSR count). The number of carboxylic acids is 1. The third-order valence-corrected chi connectivity index (χ3v) is 3.03. The molecular weight excluding hydrogens is 257 g/mol. The molecule has 1 N–H and O–H groups in total. The maximum Gasteiger partial charge on any atom is 0.339 e. The third kappa shape index (κ3) is 1.93. The van der Waals surface area contributed by atoms with Crippen molar-refractivity contribution in [2.75, 3.05) is 0 Å². The number of halogens is 2. The van der Waals surface area contributed by atoms with Gasteiger partial charge in [0.1, 0.15) is 22.1 Å². The number of pyridine rings is 1. The second kappa shape index (κ2) is 4.53. The van der Waals surface area contributed by atoms with Gasteiger partial charge < -0.3 is 5.11 Å². The van der Waals surface area contributed by atoms with Gasteiger partial charge in [-0.2, -0.15) is 0 Å². The van der Waals surface area contributed by atoms with Crippen LogP contribution < -0.4 is 0 Å². The highest BCUT2D eigenvalue weighted by molar-refractivity contribution is 6.33. The number of carbonyl (C=O) groups is 1. The minimum absolute atomic E-state index is 0.0511. The standard InChI is InChI=1S/C13H11ClFNO2/c1-6(2)9-7-4-3-5-8(15)11(7)16-12(14)10(9)13(17)18/h3-6H,1-2H3,(H,17,18). The van der Waals surface area contributed by atoms with Gasteiger partial charge in [-0.05, 0) is 17.5 Å². The van der Waals surface area contributed by atoms with Crippen molar-refractivity contribution in [2.45, 2.75) is 19.8 Å². The summed E-state index contributed by atoms with van der Waals surface area (Å²) in [4.78, 5) is 15.1. The molecule has 3 nitrogen and oxygen atoms in total. The number of carboxylic acid groups (broad SMARTS) is 1. The van der Waals surface area contributed by atoms with Crippen molar-refractivity contribution in [1.82, 2.24) is 4.98 Å². The quantitative estimate of drug-likeness (QED) is 0.841. The van der Waals surface area contributed by atoms with Gasteiger partial charge in [-0.25, -0.2) is 14.2 Å². The lowest BCUT2D eigenvalue weighted by Gasteiger charge is -2.14. The number of hydrogen-bond donors (Lipinski definition) is 1. The number of rotatable bonds is 2. The van der Waals surface area contributed by atoms with Crippen molar-refractivity contribution < 1.29 is 14.3 Å². The van der Waals surface area contributed by atoms with Crippen LogP contribution in [-0.2, 0) is 0 Å². The highest BCUT2D eigenvalue weighted by Crippen LogP contribution is 2.32. The summed E-state index contributed by atoms with van der Waals surface area (Å²) in [5.74, 6) is -1.75. The molecule has 0 saturated heterocycles. The zero-order valence-electron chi connectivity index (χ0n) is 9.87. The molecule has 0 saturated carbocycles. The SMILES string of the molecule is CC(C)c1c(C(=O)O)c(Cl)nc2c(F)cccc12. The van der Waals surface area contributed by atoms with Crippen molar-refractivity contribution in [1.29, 1.82) is 0 Å². The van der Waals surface area contributed by atoms with Gasteiger partial charge >= 0.3 is 5.97 Å². The zero-order chi connectivity index (χ0) is 13.4. The molecule has 94 valence electrons. The Morgan fingerprint density at radius 2 is 2.11 bits per heavy atom. The summed E-state index contributed by atoms with van der Waals surface area (Å²) in [6.45, 7) is 3.67. The van der Waals surface area contributed by atoms with E-state index in [1.807, 2.05) is 13.8 Å². The molecule has 2 aromatic rings. The number of benzene rings is 1. The molecular formula is C13H11ClFNO2. The molecule has 1 aromatic heterocycles. The van der Waals surface area contributed by atoms with Crippen LogP contribution in [0.2, 0.25) is 5.15 Å². The molecule has 0 spiro atoms. The minimum atomic E-state index is -1.15. The molecule has 0 aliphatic heterocycles. The van der Waals surface area contributed by atoms with Gasteiger partial charge in [0, 0.05) is 5.39 Å². The van der Waals surface area contributed by atoms with Gasteiger partial charge in [-0.1, -0.05) is 37.6 Å².